The summed E-state index contributed by atoms with van der Waals surface area (Å²) in [6.07, 6.45) is 1.48. The van der Waals surface area contributed by atoms with Crippen LogP contribution in [0, 0.1) is 0 Å². The Hall–Kier alpha value is -1.39. The van der Waals surface area contributed by atoms with Gasteiger partial charge < -0.3 is 0 Å². The van der Waals surface area contributed by atoms with E-state index in [0.29, 0.717) is 17.5 Å². The van der Waals surface area contributed by atoms with Crippen molar-refractivity contribution in [3.8, 4) is 11.1 Å². The summed E-state index contributed by atoms with van der Waals surface area (Å²) in [5.74, 6) is 0. The molecule has 2 aliphatic rings. The number of aryl methyl sites for hydroxylation is 1. The van der Waals surface area contributed by atoms with Crippen LogP contribution in [-0.2, 0) is 16.5 Å². The molecule has 0 aromatic rings. The summed E-state index contributed by atoms with van der Waals surface area (Å²) in [4.78, 5) is 0.0607. The molecule has 0 heterocycles. The van der Waals surface area contributed by atoms with Crippen molar-refractivity contribution in [3.63, 3.8) is 0 Å². The Balaban J connectivity index is 2.77. The molecular weight excluding hydrogens is 236 g/mol. The fourth-order valence-electron chi connectivity index (χ4n) is 2.08. The van der Waals surface area contributed by atoms with Gasteiger partial charge in [0.1, 0.15) is 4.90 Å². The van der Waals surface area contributed by atoms with E-state index in [1.807, 2.05) is 31.2 Å². The lowest BCUT2D eigenvalue weighted by molar-refractivity contribution is 0.483. The zero-order valence-electron chi connectivity index (χ0n) is 9.55. The van der Waals surface area contributed by atoms with E-state index in [9.17, 15) is 13.0 Å². The van der Waals surface area contributed by atoms with E-state index in [4.69, 9.17) is 0 Å². The highest BCUT2D eigenvalue weighted by Crippen LogP contribution is 2.35. The summed E-state index contributed by atoms with van der Waals surface area (Å²) in [5, 5.41) is 0. The average Bonchev–Trinajstić information content (AvgIpc) is 2.41. The maximum absolute atomic E-state index is 11.5. The Morgan fingerprint density at radius 3 is 2.53 bits per heavy atom. The zero-order chi connectivity index (χ0) is 12.5. The number of fused-ring (bicyclic) bond motifs is 1. The monoisotopic (exact) mass is 250 g/mol. The molecule has 0 aliphatic heterocycles. The fourth-order valence-corrected chi connectivity index (χ4v) is 3.04. The Bertz CT molecular complexity index is 602. The van der Waals surface area contributed by atoms with Crippen LogP contribution in [0.3, 0.4) is 0 Å². The van der Waals surface area contributed by atoms with Crippen LogP contribution in [-0.4, -0.2) is 13.0 Å². The predicted molar refractivity (Wildman–Crippen MR) is 66.9 cm³/mol. The van der Waals surface area contributed by atoms with Gasteiger partial charge in [0.25, 0.3) is 10.1 Å². The lowest BCUT2D eigenvalue weighted by Crippen LogP contribution is -2.01. The fraction of sp³-hybridized carbons (Fsp3) is 0.231. The largest absolute Gasteiger partial charge is 0.295 e. The number of rotatable bonds is 3. The van der Waals surface area contributed by atoms with E-state index in [-0.39, 0.29) is 4.90 Å². The van der Waals surface area contributed by atoms with Gasteiger partial charge in [0.05, 0.1) is 0 Å². The minimum atomic E-state index is -4.17. The topological polar surface area (TPSA) is 54.4 Å². The van der Waals surface area contributed by atoms with E-state index >= 15 is 0 Å². The van der Waals surface area contributed by atoms with Crippen LogP contribution in [0.4, 0.5) is 0 Å². The Morgan fingerprint density at radius 2 is 1.88 bits per heavy atom. The molecule has 4 heteroatoms. The van der Waals surface area contributed by atoms with Gasteiger partial charge in [-0.2, -0.15) is 8.42 Å². The molecule has 17 heavy (non-hydrogen) atoms. The molecule has 0 amide bonds. The van der Waals surface area contributed by atoms with Crippen molar-refractivity contribution in [3.05, 3.63) is 42.0 Å². The van der Waals surface area contributed by atoms with Gasteiger partial charge in [-0.05, 0) is 23.6 Å². The quantitative estimate of drug-likeness (QED) is 0.852. The highest BCUT2D eigenvalue weighted by molar-refractivity contribution is 7.86. The second kappa shape index (κ2) is 4.47. The van der Waals surface area contributed by atoms with Crippen molar-refractivity contribution in [2.75, 3.05) is 0 Å². The first kappa shape index (κ1) is 12.1. The minimum Gasteiger partial charge on any atom is -0.282 e. The molecular formula is C13H14O3S. The molecule has 0 aromatic heterocycles. The van der Waals surface area contributed by atoms with Gasteiger partial charge in [-0.15, -0.1) is 0 Å². The van der Waals surface area contributed by atoms with Gasteiger partial charge in [-0.3, -0.25) is 4.55 Å². The Morgan fingerprint density at radius 1 is 1.18 bits per heavy atom. The number of hydrogen-bond donors (Lipinski definition) is 1. The molecule has 0 aromatic carbocycles. The summed E-state index contributed by atoms with van der Waals surface area (Å²) in [6.45, 7) is 1.98. The molecule has 0 radical (unpaired) electrons. The lowest BCUT2D eigenvalue weighted by atomic mass is 10.2. The predicted octanol–water partition coefficient (Wildman–Crippen LogP) is 2.99. The van der Waals surface area contributed by atoms with Crippen molar-refractivity contribution in [1.29, 1.82) is 0 Å². The van der Waals surface area contributed by atoms with Crippen LogP contribution in [0.25, 0.3) is 11.1 Å². The zero-order valence-corrected chi connectivity index (χ0v) is 10.4. The molecule has 0 saturated carbocycles. The molecule has 0 atom stereocenters. The van der Waals surface area contributed by atoms with Crippen LogP contribution in [0.2, 0.25) is 0 Å². The third-order valence-corrected chi connectivity index (χ3v) is 3.71. The molecule has 0 bridgehead atoms. The van der Waals surface area contributed by atoms with Gasteiger partial charge in [0.2, 0.25) is 0 Å². The van der Waals surface area contributed by atoms with Crippen molar-refractivity contribution in [2.24, 2.45) is 0 Å². The van der Waals surface area contributed by atoms with E-state index in [2.05, 4.69) is 0 Å². The molecule has 0 saturated heterocycles. The van der Waals surface area contributed by atoms with Crippen LogP contribution < -0.4 is 0 Å². The standard InChI is InChI=1S/C13H14O3S/c1-2-6-11-9-10-7-4-3-5-8-12(10)13(11)17(14,15)16/h3-5,7-9H,2,6H2,1H3,(H,14,15,16). The summed E-state index contributed by atoms with van der Waals surface area (Å²) in [7, 11) is -4.17. The van der Waals surface area contributed by atoms with Gasteiger partial charge in [0, 0.05) is 5.56 Å². The lowest BCUT2D eigenvalue weighted by Gasteiger charge is -2.01. The Kier molecular flexibility index (Phi) is 3.17. The van der Waals surface area contributed by atoms with Crippen LogP contribution in [0.5, 0.6) is 0 Å². The summed E-state index contributed by atoms with van der Waals surface area (Å²) in [6, 6.07) is 10.9. The molecule has 3 nitrogen and oxygen atoms in total. The number of hydrogen-bond acceptors (Lipinski definition) is 2. The average molecular weight is 250 g/mol. The minimum absolute atomic E-state index is 0.0607. The highest BCUT2D eigenvalue weighted by Gasteiger charge is 2.23. The smallest absolute Gasteiger partial charge is 0.282 e. The normalized spacial score (nSPS) is 11.9. The van der Waals surface area contributed by atoms with Crippen LogP contribution in [0.1, 0.15) is 18.9 Å². The van der Waals surface area contributed by atoms with Gasteiger partial charge in [-0.1, -0.05) is 43.7 Å². The maximum Gasteiger partial charge on any atom is 0.295 e. The molecule has 0 spiro atoms. The molecule has 2 rings (SSSR count). The third kappa shape index (κ3) is 2.33. The second-order valence-electron chi connectivity index (χ2n) is 4.00. The van der Waals surface area contributed by atoms with Crippen molar-refractivity contribution >= 4 is 10.1 Å². The van der Waals surface area contributed by atoms with Crippen molar-refractivity contribution in [1.82, 2.24) is 0 Å². The van der Waals surface area contributed by atoms with Crippen molar-refractivity contribution in [2.45, 2.75) is 24.7 Å². The summed E-state index contributed by atoms with van der Waals surface area (Å²) in [5.41, 5.74) is 2.11. The maximum atomic E-state index is 11.5. The van der Waals surface area contributed by atoms with Crippen LogP contribution in [0.15, 0.2) is 41.3 Å². The first-order valence-corrected chi connectivity index (χ1v) is 6.96. The van der Waals surface area contributed by atoms with E-state index in [1.165, 1.54) is 0 Å². The van der Waals surface area contributed by atoms with Gasteiger partial charge in [0.15, 0.2) is 0 Å². The molecule has 1 N–H and O–H groups in total. The Labute approximate surface area is 101 Å². The summed E-state index contributed by atoms with van der Waals surface area (Å²) >= 11 is 0. The molecule has 0 unspecified atom stereocenters. The van der Waals surface area contributed by atoms with Crippen molar-refractivity contribution < 1.29 is 13.0 Å². The molecule has 90 valence electrons. The third-order valence-electron chi connectivity index (χ3n) is 2.72. The SMILES string of the molecule is CCCc1cc2cccccc-2c1S(=O)(=O)O. The first-order valence-electron chi connectivity index (χ1n) is 5.52. The molecule has 2 aliphatic carbocycles. The van der Waals surface area contributed by atoms with Gasteiger partial charge in [-0.25, -0.2) is 0 Å². The van der Waals surface area contributed by atoms with Gasteiger partial charge >= 0.3 is 0 Å². The summed E-state index contributed by atoms with van der Waals surface area (Å²) < 4.78 is 32.3. The second-order valence-corrected chi connectivity index (χ2v) is 5.36. The van der Waals surface area contributed by atoms with E-state index in [0.717, 1.165) is 12.0 Å². The van der Waals surface area contributed by atoms with E-state index < -0.39 is 10.1 Å². The molecule has 0 fully saturated rings. The first-order chi connectivity index (χ1) is 8.04. The highest BCUT2D eigenvalue weighted by atomic mass is 32.2. The van der Waals surface area contributed by atoms with E-state index in [1.54, 1.807) is 12.1 Å². The van der Waals surface area contributed by atoms with Crippen LogP contribution >= 0.6 is 0 Å².